The third-order valence-electron chi connectivity index (χ3n) is 5.02. The van der Waals surface area contributed by atoms with Gasteiger partial charge in [0.25, 0.3) is 5.91 Å². The zero-order valence-corrected chi connectivity index (χ0v) is 19.2. The Balaban J connectivity index is 1.65. The summed E-state index contributed by atoms with van der Waals surface area (Å²) in [5.74, 6) is -1.30. The largest absolute Gasteiger partial charge is 0.449 e. The second-order valence-corrected chi connectivity index (χ2v) is 9.76. The molecule has 0 spiro atoms. The first-order chi connectivity index (χ1) is 15.3. The third kappa shape index (κ3) is 6.18. The summed E-state index contributed by atoms with van der Waals surface area (Å²) in [6, 6.07) is 13.4. The van der Waals surface area contributed by atoms with Crippen LogP contribution < -0.4 is 5.32 Å². The van der Waals surface area contributed by atoms with Crippen molar-refractivity contribution >= 4 is 45.3 Å². The molecule has 1 saturated heterocycles. The molecule has 1 fully saturated rings. The molecule has 1 heterocycles. The normalized spacial score (nSPS) is 15.9. The van der Waals surface area contributed by atoms with E-state index >= 15 is 0 Å². The van der Waals surface area contributed by atoms with Gasteiger partial charge in [-0.25, -0.2) is 13.2 Å². The lowest BCUT2D eigenvalue weighted by Crippen LogP contribution is -2.35. The molecule has 0 bridgehead atoms. The molecule has 170 valence electrons. The number of sulfonamides is 1. The summed E-state index contributed by atoms with van der Waals surface area (Å²) in [7, 11) is -3.68. The quantitative estimate of drug-likeness (QED) is 0.479. The van der Waals surface area contributed by atoms with E-state index in [9.17, 15) is 18.0 Å². The van der Waals surface area contributed by atoms with Crippen molar-refractivity contribution in [1.82, 2.24) is 4.31 Å². The number of ether oxygens (including phenoxy) is 1. The highest BCUT2D eigenvalue weighted by Crippen LogP contribution is 2.28. The summed E-state index contributed by atoms with van der Waals surface area (Å²) in [5.41, 5.74) is 0.956. The van der Waals surface area contributed by atoms with E-state index in [-0.39, 0.29) is 15.6 Å². The Bertz CT molecular complexity index is 1100. The van der Waals surface area contributed by atoms with Crippen LogP contribution >= 0.6 is 11.6 Å². The third-order valence-corrected chi connectivity index (χ3v) is 7.25. The smallest absolute Gasteiger partial charge is 0.331 e. The topological polar surface area (TPSA) is 92.8 Å². The fourth-order valence-electron chi connectivity index (χ4n) is 3.24. The number of esters is 1. The highest BCUT2D eigenvalue weighted by molar-refractivity contribution is 7.89. The number of carbonyl (C=O) groups is 2. The first-order valence-electron chi connectivity index (χ1n) is 10.3. The number of hydrogen-bond donors (Lipinski definition) is 1. The van der Waals surface area contributed by atoms with E-state index in [1.165, 1.54) is 35.5 Å². The molecule has 9 heteroatoms. The minimum Gasteiger partial charge on any atom is -0.449 e. The van der Waals surface area contributed by atoms with Crippen molar-refractivity contribution < 1.29 is 22.7 Å². The summed E-state index contributed by atoms with van der Waals surface area (Å²) >= 11 is 6.16. The lowest BCUT2D eigenvalue weighted by molar-refractivity contribution is -0.148. The summed E-state index contributed by atoms with van der Waals surface area (Å²) in [5, 5.41) is 2.73. The molecule has 0 aromatic heterocycles. The number of nitrogens with zero attached hydrogens (tertiary/aromatic N) is 1. The highest BCUT2D eigenvalue weighted by Gasteiger charge is 2.27. The van der Waals surface area contributed by atoms with Crippen molar-refractivity contribution in [3.05, 3.63) is 65.2 Å². The van der Waals surface area contributed by atoms with Crippen LogP contribution in [-0.4, -0.2) is 43.8 Å². The van der Waals surface area contributed by atoms with Crippen LogP contribution in [0.3, 0.4) is 0 Å². The molecule has 2 aromatic carbocycles. The van der Waals surface area contributed by atoms with E-state index in [0.717, 1.165) is 24.8 Å². The van der Waals surface area contributed by atoms with Crippen LogP contribution in [-0.2, 0) is 24.3 Å². The standard InChI is InChI=1S/C23H25ClN2O5S/c1-17(31-22(27)13-10-18-8-4-2-5-9-18)23(28)25-21-16-19(11-12-20(21)24)32(29,30)26-14-6-3-7-15-26/h2,4-5,8-13,16-17H,3,6-7,14-15H2,1H3,(H,25,28)/b13-10+/t17-/m1/s1. The van der Waals surface area contributed by atoms with Gasteiger partial charge < -0.3 is 10.1 Å². The Morgan fingerprint density at radius 3 is 2.47 bits per heavy atom. The van der Waals surface area contributed by atoms with Gasteiger partial charge >= 0.3 is 5.97 Å². The van der Waals surface area contributed by atoms with Crippen molar-refractivity contribution in [2.45, 2.75) is 37.2 Å². The molecular formula is C23H25ClN2O5S. The first kappa shape index (κ1) is 24.0. The average molecular weight is 477 g/mol. The summed E-state index contributed by atoms with van der Waals surface area (Å²) in [6.07, 6.45) is 4.35. The van der Waals surface area contributed by atoms with Gasteiger partial charge in [0.2, 0.25) is 10.0 Å². The number of anilines is 1. The summed E-state index contributed by atoms with van der Waals surface area (Å²) in [4.78, 5) is 24.6. The van der Waals surface area contributed by atoms with Crippen LogP contribution in [0, 0.1) is 0 Å². The monoisotopic (exact) mass is 476 g/mol. The van der Waals surface area contributed by atoms with Crippen molar-refractivity contribution in [1.29, 1.82) is 0 Å². The van der Waals surface area contributed by atoms with Crippen LogP contribution in [0.1, 0.15) is 31.7 Å². The fraction of sp³-hybridized carbons (Fsp3) is 0.304. The molecule has 7 nitrogen and oxygen atoms in total. The van der Waals surface area contributed by atoms with Gasteiger partial charge in [0.05, 0.1) is 15.6 Å². The van der Waals surface area contributed by atoms with E-state index in [2.05, 4.69) is 5.32 Å². The molecule has 0 aliphatic carbocycles. The van der Waals surface area contributed by atoms with Crippen molar-refractivity contribution in [3.63, 3.8) is 0 Å². The summed E-state index contributed by atoms with van der Waals surface area (Å²) < 4.78 is 32.4. The molecule has 1 amide bonds. The maximum absolute atomic E-state index is 12.9. The van der Waals surface area contributed by atoms with Crippen molar-refractivity contribution in [2.24, 2.45) is 0 Å². The van der Waals surface area contributed by atoms with Gasteiger partial charge in [-0.1, -0.05) is 48.4 Å². The number of piperidine rings is 1. The highest BCUT2D eigenvalue weighted by atomic mass is 35.5. The Hall–Kier alpha value is -2.68. The molecule has 0 radical (unpaired) electrons. The van der Waals surface area contributed by atoms with E-state index < -0.39 is 28.0 Å². The number of carbonyl (C=O) groups excluding carboxylic acids is 2. The van der Waals surface area contributed by atoms with Crippen LogP contribution in [0.4, 0.5) is 5.69 Å². The lowest BCUT2D eigenvalue weighted by Gasteiger charge is -2.26. The van der Waals surface area contributed by atoms with Gasteiger partial charge in [-0.15, -0.1) is 0 Å². The Kier molecular flexibility index (Phi) is 8.06. The van der Waals surface area contributed by atoms with Gasteiger partial charge in [0.15, 0.2) is 6.10 Å². The maximum Gasteiger partial charge on any atom is 0.331 e. The second-order valence-electron chi connectivity index (χ2n) is 7.42. The molecule has 0 unspecified atom stereocenters. The number of hydrogen-bond acceptors (Lipinski definition) is 5. The Morgan fingerprint density at radius 2 is 1.78 bits per heavy atom. The van der Waals surface area contributed by atoms with Gasteiger partial charge in [0, 0.05) is 19.2 Å². The minimum absolute atomic E-state index is 0.0505. The van der Waals surface area contributed by atoms with Gasteiger partial charge in [-0.3, -0.25) is 4.79 Å². The van der Waals surface area contributed by atoms with Gasteiger partial charge in [-0.05, 0) is 49.6 Å². The van der Waals surface area contributed by atoms with E-state index in [1.54, 1.807) is 6.08 Å². The molecule has 0 saturated carbocycles. The zero-order chi connectivity index (χ0) is 23.1. The van der Waals surface area contributed by atoms with E-state index in [0.29, 0.717) is 13.1 Å². The lowest BCUT2D eigenvalue weighted by atomic mass is 10.2. The van der Waals surface area contributed by atoms with Crippen LogP contribution in [0.2, 0.25) is 5.02 Å². The molecule has 32 heavy (non-hydrogen) atoms. The van der Waals surface area contributed by atoms with Gasteiger partial charge in [0.1, 0.15) is 0 Å². The van der Waals surface area contributed by atoms with Crippen LogP contribution in [0.5, 0.6) is 0 Å². The maximum atomic E-state index is 12.9. The second kappa shape index (κ2) is 10.8. The Morgan fingerprint density at radius 1 is 1.09 bits per heavy atom. The SMILES string of the molecule is C[C@@H](OC(=O)/C=C/c1ccccc1)C(=O)Nc1cc(S(=O)(=O)N2CCCCC2)ccc1Cl. The van der Waals surface area contributed by atoms with Crippen LogP contribution in [0.25, 0.3) is 6.08 Å². The minimum atomic E-state index is -3.68. The molecular weight excluding hydrogens is 452 g/mol. The van der Waals surface area contributed by atoms with E-state index in [1.807, 2.05) is 30.3 Å². The predicted molar refractivity (Wildman–Crippen MR) is 124 cm³/mol. The van der Waals surface area contributed by atoms with Crippen LogP contribution in [0.15, 0.2) is 59.5 Å². The number of benzene rings is 2. The van der Waals surface area contributed by atoms with Gasteiger partial charge in [-0.2, -0.15) is 4.31 Å². The predicted octanol–water partition coefficient (Wildman–Crippen LogP) is 4.10. The molecule has 1 aliphatic rings. The number of nitrogens with one attached hydrogen (secondary N) is 1. The fourth-order valence-corrected chi connectivity index (χ4v) is 4.95. The number of amides is 1. The Labute approximate surface area is 193 Å². The molecule has 1 N–H and O–H groups in total. The first-order valence-corrected chi connectivity index (χ1v) is 12.1. The molecule has 1 atom stereocenters. The molecule has 3 rings (SSSR count). The van der Waals surface area contributed by atoms with Crippen molar-refractivity contribution in [3.8, 4) is 0 Å². The zero-order valence-electron chi connectivity index (χ0n) is 17.7. The number of halogens is 1. The van der Waals surface area contributed by atoms with E-state index in [4.69, 9.17) is 16.3 Å². The molecule has 1 aliphatic heterocycles. The average Bonchev–Trinajstić information content (AvgIpc) is 2.80. The van der Waals surface area contributed by atoms with Crippen molar-refractivity contribution in [2.75, 3.05) is 18.4 Å². The summed E-state index contributed by atoms with van der Waals surface area (Å²) in [6.45, 7) is 2.36. The number of rotatable bonds is 7. The molecule has 2 aromatic rings.